The molecule has 0 unspecified atom stereocenters. The molecule has 1 saturated heterocycles. The number of carbonyl (C=O) groups is 1. The first-order valence-electron chi connectivity index (χ1n) is 7.58. The molecule has 1 atom stereocenters. The minimum absolute atomic E-state index is 0.169. The first-order chi connectivity index (χ1) is 10.5. The van der Waals surface area contributed by atoms with E-state index in [1.165, 1.54) is 0 Å². The summed E-state index contributed by atoms with van der Waals surface area (Å²) in [6.45, 7) is 5.56. The lowest BCUT2D eigenvalue weighted by Crippen LogP contribution is -2.50. The smallest absolute Gasteiger partial charge is 0.222 e. The number of aliphatic hydroxyl groups is 1. The lowest BCUT2D eigenvalue weighted by atomic mass is 10.1. The van der Waals surface area contributed by atoms with Gasteiger partial charge in [0.1, 0.15) is 0 Å². The van der Waals surface area contributed by atoms with Gasteiger partial charge in [0.2, 0.25) is 5.91 Å². The largest absolute Gasteiger partial charge is 0.392 e. The summed E-state index contributed by atoms with van der Waals surface area (Å²) in [6.07, 6.45) is 0.828. The van der Waals surface area contributed by atoms with E-state index in [2.05, 4.69) is 4.90 Å². The number of amides is 1. The minimum atomic E-state index is -0.322. The van der Waals surface area contributed by atoms with Gasteiger partial charge >= 0.3 is 0 Å². The van der Waals surface area contributed by atoms with Crippen molar-refractivity contribution >= 4 is 29.1 Å². The number of nitrogens with zero attached hydrogens (tertiary/aromatic N) is 2. The van der Waals surface area contributed by atoms with E-state index in [1.54, 1.807) is 13.0 Å². The van der Waals surface area contributed by atoms with Crippen molar-refractivity contribution in [3.05, 3.63) is 33.8 Å². The molecule has 1 heterocycles. The van der Waals surface area contributed by atoms with Gasteiger partial charge in [-0.25, -0.2) is 0 Å². The van der Waals surface area contributed by atoms with Gasteiger partial charge in [0, 0.05) is 39.1 Å². The van der Waals surface area contributed by atoms with E-state index in [0.717, 1.165) is 31.7 Å². The Morgan fingerprint density at radius 1 is 1.23 bits per heavy atom. The Hall–Kier alpha value is -0.810. The van der Waals surface area contributed by atoms with Gasteiger partial charge < -0.3 is 10.0 Å². The molecule has 1 amide bonds. The average molecular weight is 345 g/mol. The third kappa shape index (κ3) is 5.13. The topological polar surface area (TPSA) is 43.8 Å². The Morgan fingerprint density at radius 2 is 1.91 bits per heavy atom. The van der Waals surface area contributed by atoms with Crippen molar-refractivity contribution in [3.8, 4) is 0 Å². The highest BCUT2D eigenvalue weighted by atomic mass is 35.5. The zero-order valence-electron chi connectivity index (χ0n) is 12.8. The first-order valence-corrected chi connectivity index (χ1v) is 8.33. The molecule has 0 spiro atoms. The molecule has 0 bridgehead atoms. The van der Waals surface area contributed by atoms with Crippen LogP contribution in [0.25, 0.3) is 0 Å². The highest BCUT2D eigenvalue weighted by Gasteiger charge is 2.21. The monoisotopic (exact) mass is 344 g/mol. The molecule has 4 nitrogen and oxygen atoms in total. The van der Waals surface area contributed by atoms with Crippen LogP contribution in [0.2, 0.25) is 10.0 Å². The molecule has 0 saturated carbocycles. The van der Waals surface area contributed by atoms with Gasteiger partial charge in [0.05, 0.1) is 16.1 Å². The average Bonchev–Trinajstić information content (AvgIpc) is 2.48. The molecule has 1 fully saturated rings. The SMILES string of the molecule is C[C@@H](O)CN1CCN(C(=O)CCc2ccc(Cl)c(Cl)c2)CC1. The van der Waals surface area contributed by atoms with Crippen molar-refractivity contribution in [1.82, 2.24) is 9.80 Å². The second kappa shape index (κ2) is 8.16. The molecule has 1 aromatic rings. The number of hydrogen-bond donors (Lipinski definition) is 1. The maximum absolute atomic E-state index is 12.3. The van der Waals surface area contributed by atoms with Crippen LogP contribution in [0.4, 0.5) is 0 Å². The standard InChI is InChI=1S/C16H22Cl2N2O2/c1-12(21)11-19-6-8-20(9-7-19)16(22)5-3-13-2-4-14(17)15(18)10-13/h2,4,10,12,21H,3,5-9,11H2,1H3/t12-/m1/s1. The Bertz CT molecular complexity index is 515. The second-order valence-corrected chi connectivity index (χ2v) is 6.59. The third-order valence-corrected chi connectivity index (χ3v) is 4.60. The van der Waals surface area contributed by atoms with Crippen LogP contribution >= 0.6 is 23.2 Å². The molecule has 122 valence electrons. The minimum Gasteiger partial charge on any atom is -0.392 e. The number of hydrogen-bond acceptors (Lipinski definition) is 3. The number of halogens is 2. The van der Waals surface area contributed by atoms with Gasteiger partial charge in [-0.1, -0.05) is 29.3 Å². The van der Waals surface area contributed by atoms with Crippen molar-refractivity contribution in [1.29, 1.82) is 0 Å². The molecule has 0 aliphatic carbocycles. The maximum Gasteiger partial charge on any atom is 0.222 e. The van der Waals surface area contributed by atoms with E-state index < -0.39 is 0 Å². The summed E-state index contributed by atoms with van der Waals surface area (Å²) < 4.78 is 0. The van der Waals surface area contributed by atoms with Gasteiger partial charge in [0.25, 0.3) is 0 Å². The van der Waals surface area contributed by atoms with E-state index in [9.17, 15) is 9.90 Å². The van der Waals surface area contributed by atoms with Crippen LogP contribution in [0.3, 0.4) is 0 Å². The summed E-state index contributed by atoms with van der Waals surface area (Å²) in [4.78, 5) is 16.3. The van der Waals surface area contributed by atoms with E-state index >= 15 is 0 Å². The van der Waals surface area contributed by atoms with E-state index in [-0.39, 0.29) is 12.0 Å². The lowest BCUT2D eigenvalue weighted by Gasteiger charge is -2.35. The first kappa shape index (κ1) is 17.5. The van der Waals surface area contributed by atoms with E-state index in [0.29, 0.717) is 29.4 Å². The Balaban J connectivity index is 1.77. The van der Waals surface area contributed by atoms with Crippen molar-refractivity contribution in [2.24, 2.45) is 0 Å². The molecular weight excluding hydrogens is 323 g/mol. The molecular formula is C16H22Cl2N2O2. The molecule has 22 heavy (non-hydrogen) atoms. The molecule has 1 aromatic carbocycles. The zero-order chi connectivity index (χ0) is 16.1. The third-order valence-electron chi connectivity index (χ3n) is 3.86. The number of aryl methyl sites for hydroxylation is 1. The zero-order valence-corrected chi connectivity index (χ0v) is 14.3. The number of benzene rings is 1. The van der Waals surface area contributed by atoms with E-state index in [4.69, 9.17) is 23.2 Å². The predicted octanol–water partition coefficient (Wildman–Crippen LogP) is 2.45. The highest BCUT2D eigenvalue weighted by Crippen LogP contribution is 2.23. The maximum atomic E-state index is 12.3. The number of carbonyl (C=O) groups excluding carboxylic acids is 1. The molecule has 1 aliphatic heterocycles. The van der Waals surface area contributed by atoms with Crippen LogP contribution in [0.5, 0.6) is 0 Å². The molecule has 1 N–H and O–H groups in total. The highest BCUT2D eigenvalue weighted by molar-refractivity contribution is 6.42. The van der Waals surface area contributed by atoms with Crippen molar-refractivity contribution in [3.63, 3.8) is 0 Å². The van der Waals surface area contributed by atoms with Crippen LogP contribution in [0, 0.1) is 0 Å². The lowest BCUT2D eigenvalue weighted by molar-refractivity contribution is -0.133. The summed E-state index contributed by atoms with van der Waals surface area (Å²) in [7, 11) is 0. The fraction of sp³-hybridized carbons (Fsp3) is 0.562. The second-order valence-electron chi connectivity index (χ2n) is 5.78. The summed E-state index contributed by atoms with van der Waals surface area (Å²) in [5.74, 6) is 0.169. The molecule has 6 heteroatoms. The quantitative estimate of drug-likeness (QED) is 0.892. The van der Waals surface area contributed by atoms with Crippen LogP contribution in [-0.4, -0.2) is 59.6 Å². The predicted molar refractivity (Wildman–Crippen MR) is 89.5 cm³/mol. The van der Waals surface area contributed by atoms with Crippen LogP contribution in [0.1, 0.15) is 18.9 Å². The Morgan fingerprint density at radius 3 is 2.50 bits per heavy atom. The Kier molecular flexibility index (Phi) is 6.50. The van der Waals surface area contributed by atoms with Crippen molar-refractivity contribution < 1.29 is 9.90 Å². The number of aliphatic hydroxyl groups excluding tert-OH is 1. The molecule has 2 rings (SSSR count). The van der Waals surface area contributed by atoms with Crippen molar-refractivity contribution in [2.45, 2.75) is 25.9 Å². The molecule has 1 aliphatic rings. The van der Waals surface area contributed by atoms with Gasteiger partial charge in [-0.15, -0.1) is 0 Å². The summed E-state index contributed by atoms with van der Waals surface area (Å²) in [6, 6.07) is 5.48. The van der Waals surface area contributed by atoms with Crippen molar-refractivity contribution in [2.75, 3.05) is 32.7 Å². The van der Waals surface area contributed by atoms with Crippen LogP contribution in [-0.2, 0) is 11.2 Å². The molecule has 0 aromatic heterocycles. The Labute approximate surface area is 141 Å². The summed E-state index contributed by atoms with van der Waals surface area (Å²) in [5.41, 5.74) is 1.02. The normalized spacial score (nSPS) is 17.5. The summed E-state index contributed by atoms with van der Waals surface area (Å²) in [5, 5.41) is 10.4. The number of β-amino-alcohol motifs (C(OH)–C–C–N with tert-alkyl or cyclic N) is 1. The molecule has 0 radical (unpaired) electrons. The van der Waals surface area contributed by atoms with Crippen LogP contribution in [0.15, 0.2) is 18.2 Å². The van der Waals surface area contributed by atoms with Gasteiger partial charge in [-0.05, 0) is 31.0 Å². The fourth-order valence-corrected chi connectivity index (χ4v) is 2.98. The van der Waals surface area contributed by atoms with Gasteiger partial charge in [-0.2, -0.15) is 0 Å². The van der Waals surface area contributed by atoms with E-state index in [1.807, 2.05) is 17.0 Å². The van der Waals surface area contributed by atoms with Crippen LogP contribution < -0.4 is 0 Å². The number of piperazine rings is 1. The fourth-order valence-electron chi connectivity index (χ4n) is 2.66. The van der Waals surface area contributed by atoms with Gasteiger partial charge in [-0.3, -0.25) is 9.69 Å². The van der Waals surface area contributed by atoms with Gasteiger partial charge in [0.15, 0.2) is 0 Å². The summed E-state index contributed by atoms with van der Waals surface area (Å²) >= 11 is 11.9. The number of rotatable bonds is 5.